The fourth-order valence-corrected chi connectivity index (χ4v) is 1.97. The molecule has 0 aromatic heterocycles. The van der Waals surface area contributed by atoms with Crippen LogP contribution in [0.1, 0.15) is 12.0 Å². The van der Waals surface area contributed by atoms with Gasteiger partial charge in [0.05, 0.1) is 5.56 Å². The Kier molecular flexibility index (Phi) is 3.21. The van der Waals surface area contributed by atoms with Crippen LogP contribution in [-0.4, -0.2) is 18.4 Å². The van der Waals surface area contributed by atoms with Gasteiger partial charge in [0.2, 0.25) is 5.91 Å². The fraction of sp³-hybridized carbons (Fsp3) is 0.333. The van der Waals surface area contributed by atoms with E-state index in [0.29, 0.717) is 0 Å². The molecule has 1 saturated heterocycles. The summed E-state index contributed by atoms with van der Waals surface area (Å²) in [7, 11) is 0. The van der Waals surface area contributed by atoms with E-state index < -0.39 is 29.5 Å². The van der Waals surface area contributed by atoms with E-state index in [2.05, 4.69) is 0 Å². The molecular formula is C12H9F3NO3-. The molecule has 0 aliphatic carbocycles. The zero-order valence-electron chi connectivity index (χ0n) is 9.61. The van der Waals surface area contributed by atoms with Gasteiger partial charge in [-0.25, -0.2) is 0 Å². The lowest BCUT2D eigenvalue weighted by molar-refractivity contribution is -0.310. The van der Waals surface area contributed by atoms with Crippen molar-refractivity contribution < 1.29 is 27.9 Å². The Labute approximate surface area is 106 Å². The summed E-state index contributed by atoms with van der Waals surface area (Å²) >= 11 is 0. The SMILES string of the molecule is O=C([O-])C1CC(=O)N(c2cccc(C(F)(F)F)c2)C1. The number of alkyl halides is 3. The summed E-state index contributed by atoms with van der Waals surface area (Å²) in [4.78, 5) is 23.3. The lowest BCUT2D eigenvalue weighted by Gasteiger charge is -2.18. The number of rotatable bonds is 2. The van der Waals surface area contributed by atoms with Crippen LogP contribution in [0.2, 0.25) is 0 Å². The number of carbonyl (C=O) groups is 2. The van der Waals surface area contributed by atoms with Crippen molar-refractivity contribution in [2.45, 2.75) is 12.6 Å². The van der Waals surface area contributed by atoms with Gasteiger partial charge in [0.25, 0.3) is 0 Å². The maximum atomic E-state index is 12.5. The third kappa shape index (κ3) is 2.69. The van der Waals surface area contributed by atoms with Gasteiger partial charge in [-0.1, -0.05) is 6.07 Å². The molecule has 2 rings (SSSR count). The van der Waals surface area contributed by atoms with Crippen molar-refractivity contribution in [1.82, 2.24) is 0 Å². The van der Waals surface area contributed by atoms with Crippen LogP contribution in [0, 0.1) is 5.92 Å². The second-order valence-corrected chi connectivity index (χ2v) is 4.27. The van der Waals surface area contributed by atoms with E-state index in [-0.39, 0.29) is 18.7 Å². The molecule has 0 N–H and O–H groups in total. The smallest absolute Gasteiger partial charge is 0.416 e. The second-order valence-electron chi connectivity index (χ2n) is 4.27. The summed E-state index contributed by atoms with van der Waals surface area (Å²) in [5, 5.41) is 10.7. The van der Waals surface area contributed by atoms with Crippen LogP contribution in [0.25, 0.3) is 0 Å². The van der Waals surface area contributed by atoms with Gasteiger partial charge in [-0.3, -0.25) is 4.79 Å². The predicted octanol–water partition coefficient (Wildman–Crippen LogP) is 0.808. The molecule has 1 unspecified atom stereocenters. The highest BCUT2D eigenvalue weighted by Gasteiger charge is 2.34. The van der Waals surface area contributed by atoms with Gasteiger partial charge in [-0.05, 0) is 18.2 Å². The van der Waals surface area contributed by atoms with Gasteiger partial charge in [-0.15, -0.1) is 0 Å². The van der Waals surface area contributed by atoms with Crippen LogP contribution in [-0.2, 0) is 15.8 Å². The number of nitrogens with zero attached hydrogens (tertiary/aromatic N) is 1. The van der Waals surface area contributed by atoms with Crippen LogP contribution in [0.4, 0.5) is 18.9 Å². The van der Waals surface area contributed by atoms with Gasteiger partial charge in [-0.2, -0.15) is 13.2 Å². The van der Waals surface area contributed by atoms with Crippen LogP contribution in [0.5, 0.6) is 0 Å². The number of anilines is 1. The summed E-state index contributed by atoms with van der Waals surface area (Å²) < 4.78 is 37.6. The quantitative estimate of drug-likeness (QED) is 0.800. The van der Waals surface area contributed by atoms with E-state index >= 15 is 0 Å². The molecule has 0 bridgehead atoms. The summed E-state index contributed by atoms with van der Waals surface area (Å²) in [5.74, 6) is -2.88. The number of halogens is 3. The minimum atomic E-state index is -4.51. The zero-order chi connectivity index (χ0) is 14.2. The summed E-state index contributed by atoms with van der Waals surface area (Å²) in [6, 6.07) is 4.23. The average molecular weight is 272 g/mol. The lowest BCUT2D eigenvalue weighted by Crippen LogP contribution is -2.33. The number of benzene rings is 1. The summed E-state index contributed by atoms with van der Waals surface area (Å²) in [5.41, 5.74) is -0.835. The molecule has 1 aliphatic heterocycles. The normalized spacial score (nSPS) is 19.8. The summed E-state index contributed by atoms with van der Waals surface area (Å²) in [6.07, 6.45) is -4.76. The third-order valence-electron chi connectivity index (χ3n) is 2.94. The maximum Gasteiger partial charge on any atom is 0.416 e. The molecule has 1 amide bonds. The van der Waals surface area contributed by atoms with Crippen molar-refractivity contribution in [2.75, 3.05) is 11.4 Å². The first-order valence-electron chi connectivity index (χ1n) is 5.47. The molecular weight excluding hydrogens is 263 g/mol. The Morgan fingerprint density at radius 2 is 2.05 bits per heavy atom. The molecule has 1 atom stereocenters. The van der Waals surface area contributed by atoms with Gasteiger partial charge in [0, 0.05) is 30.5 Å². The number of amides is 1. The lowest BCUT2D eigenvalue weighted by atomic mass is 10.1. The Morgan fingerprint density at radius 3 is 2.58 bits per heavy atom. The third-order valence-corrected chi connectivity index (χ3v) is 2.94. The Bertz CT molecular complexity index is 527. The first-order valence-corrected chi connectivity index (χ1v) is 5.47. The maximum absolute atomic E-state index is 12.5. The molecule has 0 saturated carbocycles. The van der Waals surface area contributed by atoms with Crippen molar-refractivity contribution in [1.29, 1.82) is 0 Å². The number of carboxylic acid groups (broad SMARTS) is 1. The van der Waals surface area contributed by atoms with Crippen LogP contribution in [0.3, 0.4) is 0 Å². The molecule has 1 aromatic carbocycles. The topological polar surface area (TPSA) is 60.4 Å². The van der Waals surface area contributed by atoms with Crippen LogP contribution in [0.15, 0.2) is 24.3 Å². The number of carboxylic acids is 1. The van der Waals surface area contributed by atoms with Crippen molar-refractivity contribution in [2.24, 2.45) is 5.92 Å². The first-order chi connectivity index (χ1) is 8.79. The number of hydrogen-bond acceptors (Lipinski definition) is 3. The molecule has 1 fully saturated rings. The molecule has 19 heavy (non-hydrogen) atoms. The van der Waals surface area contributed by atoms with E-state index in [9.17, 15) is 27.9 Å². The minimum Gasteiger partial charge on any atom is -0.550 e. The van der Waals surface area contributed by atoms with Crippen LogP contribution < -0.4 is 10.0 Å². The Hall–Kier alpha value is -2.05. The van der Waals surface area contributed by atoms with Gasteiger partial charge in [0.15, 0.2) is 0 Å². The highest BCUT2D eigenvalue weighted by Crippen LogP contribution is 2.33. The average Bonchev–Trinajstić information content (AvgIpc) is 2.71. The van der Waals surface area contributed by atoms with Gasteiger partial charge in [0.1, 0.15) is 0 Å². The number of carbonyl (C=O) groups excluding carboxylic acids is 2. The predicted molar refractivity (Wildman–Crippen MR) is 56.9 cm³/mol. The zero-order valence-corrected chi connectivity index (χ0v) is 9.61. The molecule has 1 aliphatic rings. The van der Waals surface area contributed by atoms with E-state index in [1.807, 2.05) is 0 Å². The monoisotopic (exact) mass is 272 g/mol. The number of hydrogen-bond donors (Lipinski definition) is 0. The van der Waals surface area contributed by atoms with Gasteiger partial charge < -0.3 is 14.8 Å². The summed E-state index contributed by atoms with van der Waals surface area (Å²) in [6.45, 7) is -0.164. The molecule has 0 radical (unpaired) electrons. The minimum absolute atomic E-state index is 0.0450. The highest BCUT2D eigenvalue weighted by molar-refractivity contribution is 5.99. The van der Waals surface area contributed by atoms with E-state index in [4.69, 9.17) is 0 Å². The van der Waals surface area contributed by atoms with Crippen molar-refractivity contribution in [3.63, 3.8) is 0 Å². The largest absolute Gasteiger partial charge is 0.550 e. The van der Waals surface area contributed by atoms with Crippen molar-refractivity contribution >= 4 is 17.6 Å². The second kappa shape index (κ2) is 4.56. The molecule has 1 heterocycles. The van der Waals surface area contributed by atoms with E-state index in [0.717, 1.165) is 17.0 Å². The molecule has 1 aromatic rings. The molecule has 0 spiro atoms. The van der Waals surface area contributed by atoms with E-state index in [1.54, 1.807) is 0 Å². The van der Waals surface area contributed by atoms with Crippen molar-refractivity contribution in [3.8, 4) is 0 Å². The highest BCUT2D eigenvalue weighted by atomic mass is 19.4. The molecule has 4 nitrogen and oxygen atoms in total. The first kappa shape index (κ1) is 13.4. The van der Waals surface area contributed by atoms with Crippen LogP contribution >= 0.6 is 0 Å². The molecule has 7 heteroatoms. The molecule has 102 valence electrons. The van der Waals surface area contributed by atoms with E-state index in [1.165, 1.54) is 12.1 Å². The number of aliphatic carboxylic acids is 1. The van der Waals surface area contributed by atoms with Crippen molar-refractivity contribution in [3.05, 3.63) is 29.8 Å². The van der Waals surface area contributed by atoms with Gasteiger partial charge >= 0.3 is 6.18 Å². The Morgan fingerprint density at radius 1 is 1.37 bits per heavy atom. The standard InChI is InChI=1S/C12H10F3NO3/c13-12(14,15)8-2-1-3-9(5-8)16-6-7(11(18)19)4-10(16)17/h1-3,5,7H,4,6H2,(H,18,19)/p-1. The Balaban J connectivity index is 2.28. The fourth-order valence-electron chi connectivity index (χ4n) is 1.97.